The van der Waals surface area contributed by atoms with Gasteiger partial charge in [0.05, 0.1) is 6.04 Å². The molecule has 0 aromatic heterocycles. The average molecular weight is 277 g/mol. The highest BCUT2D eigenvalue weighted by molar-refractivity contribution is 5.89. The topological polar surface area (TPSA) is 82.0 Å². The lowest BCUT2D eigenvalue weighted by atomic mass is 9.98. The number of hydrogen-bond acceptors (Lipinski definition) is 4. The molecule has 0 bridgehead atoms. The molecule has 20 heavy (non-hydrogen) atoms. The van der Waals surface area contributed by atoms with E-state index in [0.717, 1.165) is 6.42 Å². The number of quaternary nitrogens is 1. The Morgan fingerprint density at radius 2 is 2.35 bits per heavy atom. The second kappa shape index (κ2) is 3.67. The number of carbonyl (C=O) groups is 2. The molecule has 4 heterocycles. The van der Waals surface area contributed by atoms with Gasteiger partial charge in [0.15, 0.2) is 0 Å². The van der Waals surface area contributed by atoms with Crippen LogP contribution in [-0.2, 0) is 4.79 Å². The highest BCUT2D eigenvalue weighted by atomic mass is 16.6. The van der Waals surface area contributed by atoms with Crippen LogP contribution in [0.3, 0.4) is 0 Å². The molecule has 0 aliphatic carbocycles. The van der Waals surface area contributed by atoms with Crippen LogP contribution in [0.5, 0.6) is 0 Å². The summed E-state index contributed by atoms with van der Waals surface area (Å²) in [5, 5.41) is 12.9. The normalized spacial score (nSPS) is 47.6. The molecule has 0 aromatic carbocycles. The summed E-state index contributed by atoms with van der Waals surface area (Å²) < 4.78 is -0.462. The fourth-order valence-electron chi connectivity index (χ4n) is 3.67. The van der Waals surface area contributed by atoms with Crippen LogP contribution >= 0.6 is 0 Å². The number of nitrogens with one attached hydrogen (secondary N) is 1. The molecule has 0 radical (unpaired) electrons. The van der Waals surface area contributed by atoms with Crippen molar-refractivity contribution in [3.05, 3.63) is 12.3 Å². The molecule has 0 aromatic rings. The summed E-state index contributed by atoms with van der Waals surface area (Å²) in [4.78, 5) is 29.9. The summed E-state index contributed by atoms with van der Waals surface area (Å²) in [5.74, 6) is 0.00719. The van der Waals surface area contributed by atoms with E-state index >= 15 is 0 Å². The first-order valence-corrected chi connectivity index (χ1v) is 6.99. The number of amides is 3. The minimum absolute atomic E-state index is 0.00724. The predicted octanol–water partition coefficient (Wildman–Crippen LogP) is 0.218. The lowest BCUT2D eigenvalue weighted by Gasteiger charge is -2.35. The van der Waals surface area contributed by atoms with E-state index in [1.807, 2.05) is 13.0 Å². The summed E-state index contributed by atoms with van der Waals surface area (Å²) in [6.45, 7) is 1.99. The summed E-state index contributed by atoms with van der Waals surface area (Å²) in [6.07, 6.45) is 6.50. The van der Waals surface area contributed by atoms with Crippen molar-refractivity contribution >= 4 is 18.2 Å². The quantitative estimate of drug-likeness (QED) is 0.430. The molecule has 4 aliphatic rings. The predicted molar refractivity (Wildman–Crippen MR) is 68.6 cm³/mol. The van der Waals surface area contributed by atoms with Crippen LogP contribution in [0, 0.1) is 5.92 Å². The molecule has 0 spiro atoms. The Balaban J connectivity index is 1.46. The van der Waals surface area contributed by atoms with Crippen LogP contribution in [0.25, 0.3) is 0 Å². The summed E-state index contributed by atoms with van der Waals surface area (Å²) in [5.41, 5.74) is 0. The molecule has 3 saturated heterocycles. The van der Waals surface area contributed by atoms with Gasteiger partial charge in [0.1, 0.15) is 6.04 Å². The number of nitrogens with zero attached hydrogens (tertiary/aromatic N) is 3. The van der Waals surface area contributed by atoms with Crippen molar-refractivity contribution in [3.8, 4) is 0 Å². The van der Waals surface area contributed by atoms with E-state index in [0.29, 0.717) is 6.42 Å². The monoisotopic (exact) mass is 277 g/mol. The average Bonchev–Trinajstić information content (AvgIpc) is 3.04. The molecule has 3 fully saturated rings. The smallest absolute Gasteiger partial charge is 0.347 e. The molecule has 4 unspecified atom stereocenters. The first-order valence-electron chi connectivity index (χ1n) is 6.99. The van der Waals surface area contributed by atoms with Crippen molar-refractivity contribution in [3.63, 3.8) is 0 Å². The standard InChI is InChI=1S/C13H16N4O3/c1-7-6-14-5-4-8(7)15-11(18)9-2-3-10-12-16(9)13(19)17(10,12)20/h4-10,12,20H,2-3H2,1H3/p+1/t7?,8?,9-,10+,12?,17?/m0/s1. The molecule has 0 saturated carbocycles. The minimum atomic E-state index is -0.462. The van der Waals surface area contributed by atoms with Gasteiger partial charge < -0.3 is 5.32 Å². The zero-order valence-electron chi connectivity index (χ0n) is 11.1. The fraction of sp³-hybridized carbons (Fsp3) is 0.615. The van der Waals surface area contributed by atoms with Crippen LogP contribution in [0.15, 0.2) is 17.3 Å². The first-order chi connectivity index (χ1) is 9.55. The maximum Gasteiger partial charge on any atom is 0.459 e. The van der Waals surface area contributed by atoms with E-state index < -0.39 is 10.7 Å². The maximum absolute atomic E-state index is 12.4. The van der Waals surface area contributed by atoms with E-state index in [-0.39, 0.29) is 36.1 Å². The third-order valence-electron chi connectivity index (χ3n) is 4.93. The molecule has 2 N–H and O–H groups in total. The van der Waals surface area contributed by atoms with E-state index in [1.54, 1.807) is 17.3 Å². The molecular formula is C13H17N4O3+. The van der Waals surface area contributed by atoms with Crippen LogP contribution < -0.4 is 5.32 Å². The van der Waals surface area contributed by atoms with Gasteiger partial charge in [-0.05, 0) is 12.5 Å². The van der Waals surface area contributed by atoms with Gasteiger partial charge in [-0.1, -0.05) is 11.6 Å². The molecule has 3 amide bonds. The summed E-state index contributed by atoms with van der Waals surface area (Å²) >= 11 is 0. The highest BCUT2D eigenvalue weighted by Gasteiger charge is 2.89. The van der Waals surface area contributed by atoms with Gasteiger partial charge >= 0.3 is 6.03 Å². The second-order valence-corrected chi connectivity index (χ2v) is 6.04. The SMILES string of the molecule is CC1C=NC=CC1NC(=O)[C@@H]1CC[C@@H]2C3N1C(=O)[N+]32O. The molecule has 6 atom stereocenters. The van der Waals surface area contributed by atoms with Crippen molar-refractivity contribution in [2.45, 2.75) is 44.1 Å². The Labute approximate surface area is 116 Å². The number of fused-ring (bicyclic) bond motifs is 1. The summed E-state index contributed by atoms with van der Waals surface area (Å²) in [7, 11) is 0. The van der Waals surface area contributed by atoms with Gasteiger partial charge in [-0.2, -0.15) is 0 Å². The van der Waals surface area contributed by atoms with Gasteiger partial charge in [0.2, 0.25) is 11.9 Å². The van der Waals surface area contributed by atoms with Gasteiger partial charge in [-0.3, -0.25) is 9.79 Å². The Bertz CT molecular complexity index is 560. The number of hydrogen-bond donors (Lipinski definition) is 2. The van der Waals surface area contributed by atoms with E-state index in [4.69, 9.17) is 0 Å². The lowest BCUT2D eigenvalue weighted by Crippen LogP contribution is -2.65. The van der Waals surface area contributed by atoms with E-state index in [9.17, 15) is 14.8 Å². The third kappa shape index (κ3) is 1.29. The number of hydroxylamine groups is 3. The zero-order valence-corrected chi connectivity index (χ0v) is 11.1. The number of urea groups is 1. The number of carbonyl (C=O) groups excluding carboxylic acids is 2. The number of piperidine rings is 1. The van der Waals surface area contributed by atoms with Crippen LogP contribution in [0.2, 0.25) is 0 Å². The Morgan fingerprint density at radius 3 is 3.10 bits per heavy atom. The van der Waals surface area contributed by atoms with Crippen molar-refractivity contribution in [2.75, 3.05) is 0 Å². The van der Waals surface area contributed by atoms with Crippen LogP contribution in [-0.4, -0.2) is 57.2 Å². The largest absolute Gasteiger partial charge is 0.459 e. The first kappa shape index (κ1) is 12.0. The van der Waals surface area contributed by atoms with Crippen molar-refractivity contribution in [1.29, 1.82) is 0 Å². The van der Waals surface area contributed by atoms with Gasteiger partial charge in [-0.15, -0.1) is 0 Å². The van der Waals surface area contributed by atoms with E-state index in [2.05, 4.69) is 10.3 Å². The Kier molecular flexibility index (Phi) is 2.21. The van der Waals surface area contributed by atoms with Crippen LogP contribution in [0.4, 0.5) is 4.79 Å². The molecule has 4 aliphatic heterocycles. The Morgan fingerprint density at radius 1 is 1.55 bits per heavy atom. The summed E-state index contributed by atoms with van der Waals surface area (Å²) in [6, 6.07) is -0.857. The number of rotatable bonds is 2. The van der Waals surface area contributed by atoms with Crippen LogP contribution in [0.1, 0.15) is 19.8 Å². The van der Waals surface area contributed by atoms with E-state index in [1.165, 1.54) is 0 Å². The molecular weight excluding hydrogens is 260 g/mol. The Hall–Kier alpha value is -1.73. The minimum Gasteiger partial charge on any atom is -0.347 e. The molecule has 106 valence electrons. The maximum atomic E-state index is 12.4. The molecule has 7 nitrogen and oxygen atoms in total. The number of aliphatic imine (C=N–C) groups is 1. The van der Waals surface area contributed by atoms with Crippen molar-refractivity contribution < 1.29 is 19.4 Å². The molecule has 7 heteroatoms. The second-order valence-electron chi connectivity index (χ2n) is 6.04. The zero-order chi connectivity index (χ0) is 14.1. The lowest BCUT2D eigenvalue weighted by molar-refractivity contribution is -0.981. The fourth-order valence-corrected chi connectivity index (χ4v) is 3.67. The van der Waals surface area contributed by atoms with Gasteiger partial charge in [0.25, 0.3) is 6.17 Å². The third-order valence-corrected chi connectivity index (χ3v) is 4.93. The van der Waals surface area contributed by atoms with Gasteiger partial charge in [-0.25, -0.2) is 14.9 Å². The van der Waals surface area contributed by atoms with Crippen molar-refractivity contribution in [1.82, 2.24) is 10.2 Å². The highest BCUT2D eigenvalue weighted by Crippen LogP contribution is 2.57. The molecule has 4 rings (SSSR count). The van der Waals surface area contributed by atoms with Crippen molar-refractivity contribution in [2.24, 2.45) is 10.9 Å². The van der Waals surface area contributed by atoms with Gasteiger partial charge in [0, 0.05) is 24.8 Å².